The number of hydrogen-bond donors (Lipinski definition) is 0. The van der Waals surface area contributed by atoms with Crippen LogP contribution in [-0.4, -0.2) is 24.9 Å². The fourth-order valence-corrected chi connectivity index (χ4v) is 2.80. The van der Waals surface area contributed by atoms with Crippen LogP contribution in [0.1, 0.15) is 18.4 Å². The molecule has 0 radical (unpaired) electrons. The van der Waals surface area contributed by atoms with Gasteiger partial charge in [0.15, 0.2) is 6.21 Å². The second kappa shape index (κ2) is 7.00. The van der Waals surface area contributed by atoms with E-state index in [-0.39, 0.29) is 0 Å². The molecular weight excluding hydrogens is 345 g/mol. The Kier molecular flexibility index (Phi) is 5.46. The molecule has 0 amide bonds. The lowest BCUT2D eigenvalue weighted by Gasteiger charge is -2.20. The van der Waals surface area contributed by atoms with E-state index in [2.05, 4.69) is 6.21 Å². The van der Waals surface area contributed by atoms with E-state index in [9.17, 15) is 0 Å². The van der Waals surface area contributed by atoms with Crippen LogP contribution in [0.4, 0.5) is 0 Å². The zero-order chi connectivity index (χ0) is 17.2. The summed E-state index contributed by atoms with van der Waals surface area (Å²) in [6.07, 6.45) is 4.07. The number of ether oxygens (including phenoxy) is 1. The Labute approximate surface area is 140 Å². The lowest BCUT2D eigenvalue weighted by atomic mass is 10.1. The lowest BCUT2D eigenvalue weighted by Crippen LogP contribution is -2.68. The minimum atomic E-state index is -4.94. The molecule has 0 saturated carbocycles. The Morgan fingerprint density at radius 1 is 1.13 bits per heavy atom. The van der Waals surface area contributed by atoms with Crippen molar-refractivity contribution in [3.63, 3.8) is 0 Å². The van der Waals surface area contributed by atoms with E-state index in [0.717, 1.165) is 40.5 Å². The van der Waals surface area contributed by atoms with Crippen LogP contribution < -0.4 is 23.4 Å². The van der Waals surface area contributed by atoms with Gasteiger partial charge in [0.05, 0.1) is 10.6 Å². The molecule has 0 saturated heterocycles. The van der Waals surface area contributed by atoms with Crippen molar-refractivity contribution < 1.29 is 38.2 Å². The summed E-state index contributed by atoms with van der Waals surface area (Å²) >= 11 is 6.49. The molecule has 6 nitrogen and oxygen atoms in total. The summed E-state index contributed by atoms with van der Waals surface area (Å²) in [4.78, 5) is 0. The summed E-state index contributed by atoms with van der Waals surface area (Å²) in [6, 6.07) is 7.93. The van der Waals surface area contributed by atoms with Crippen LogP contribution in [0.2, 0.25) is 0 Å². The van der Waals surface area contributed by atoms with Gasteiger partial charge in [-0.25, -0.2) is 23.2 Å². The number of hydrogen-bond acceptors (Lipinski definition) is 5. The molecule has 0 fully saturated rings. The fourth-order valence-electron chi connectivity index (χ4n) is 2.46. The molecule has 0 atom stereocenters. The van der Waals surface area contributed by atoms with E-state index in [1.165, 1.54) is 5.57 Å². The minimum Gasteiger partial charge on any atom is -0.456 e. The molecule has 0 N–H and O–H groups in total. The molecule has 0 spiro atoms. The average molecular weight is 360 g/mol. The number of para-hydroxylation sites is 1. The van der Waals surface area contributed by atoms with Crippen molar-refractivity contribution in [1.82, 2.24) is 0 Å². The normalized spacial score (nSPS) is 16.1. The number of allylic oxidation sites excluding steroid dienone is 2. The van der Waals surface area contributed by atoms with E-state index in [0.29, 0.717) is 0 Å². The van der Waals surface area contributed by atoms with E-state index in [1.807, 2.05) is 42.9 Å². The van der Waals surface area contributed by atoms with E-state index in [1.54, 1.807) is 0 Å². The van der Waals surface area contributed by atoms with Crippen molar-refractivity contribution >= 4 is 22.8 Å². The summed E-state index contributed by atoms with van der Waals surface area (Å²) in [5, 5.41) is 0.842. The molecule has 0 aromatic heterocycles. The van der Waals surface area contributed by atoms with Gasteiger partial charge in [-0.2, -0.15) is 0 Å². The molecule has 1 aromatic rings. The molecule has 8 heteroatoms. The van der Waals surface area contributed by atoms with Gasteiger partial charge in [-0.1, -0.05) is 23.7 Å². The molecule has 1 aliphatic heterocycles. The Hall–Kier alpha value is -1.41. The molecular formula is C15H15Cl2NO5. The monoisotopic (exact) mass is 359 g/mol. The molecule has 1 aromatic carbocycles. The SMILES string of the molecule is C[N+](C)=CC1=C2Oc3ccccc3C(Cl)=C2CC1.[O-][Cl+3]([O-])([O-])[O-]. The maximum atomic E-state index is 8.49. The van der Waals surface area contributed by atoms with Crippen molar-refractivity contribution in [3.05, 3.63) is 46.7 Å². The van der Waals surface area contributed by atoms with Crippen molar-refractivity contribution in [3.8, 4) is 5.75 Å². The summed E-state index contributed by atoms with van der Waals surface area (Å²) in [5.41, 5.74) is 3.37. The average Bonchev–Trinajstić information content (AvgIpc) is 2.80. The van der Waals surface area contributed by atoms with E-state index < -0.39 is 10.2 Å². The quantitative estimate of drug-likeness (QED) is 0.456. The Balaban J connectivity index is 0.000000338. The van der Waals surface area contributed by atoms with Crippen LogP contribution in [0.3, 0.4) is 0 Å². The minimum absolute atomic E-state index is 0.842. The summed E-state index contributed by atoms with van der Waals surface area (Å²) in [5.74, 6) is 1.81. The zero-order valence-electron chi connectivity index (χ0n) is 12.5. The molecule has 124 valence electrons. The van der Waals surface area contributed by atoms with Gasteiger partial charge in [0, 0.05) is 11.1 Å². The first-order valence-corrected chi connectivity index (χ1v) is 8.30. The molecule has 3 rings (SSSR count). The van der Waals surface area contributed by atoms with Crippen molar-refractivity contribution in [1.29, 1.82) is 0 Å². The van der Waals surface area contributed by atoms with Crippen LogP contribution >= 0.6 is 11.6 Å². The van der Waals surface area contributed by atoms with Gasteiger partial charge in [-0.05, 0) is 25.0 Å². The zero-order valence-corrected chi connectivity index (χ0v) is 14.1. The highest BCUT2D eigenvalue weighted by Crippen LogP contribution is 2.45. The second-order valence-corrected chi connectivity index (χ2v) is 6.35. The van der Waals surface area contributed by atoms with Crippen LogP contribution in [0, 0.1) is 10.2 Å². The third-order valence-corrected chi connectivity index (χ3v) is 3.66. The molecule has 0 unspecified atom stereocenters. The fraction of sp³-hybridized carbons (Fsp3) is 0.267. The van der Waals surface area contributed by atoms with Crippen LogP contribution in [0.15, 0.2) is 41.2 Å². The van der Waals surface area contributed by atoms with Crippen molar-refractivity contribution in [2.45, 2.75) is 12.8 Å². The van der Waals surface area contributed by atoms with Gasteiger partial charge in [-0.15, -0.1) is 10.2 Å². The molecule has 1 heterocycles. The number of benzene rings is 1. The third kappa shape index (κ3) is 4.78. The highest BCUT2D eigenvalue weighted by molar-refractivity contribution is 6.50. The Bertz CT molecular complexity index is 694. The van der Waals surface area contributed by atoms with Gasteiger partial charge in [0.2, 0.25) is 0 Å². The van der Waals surface area contributed by atoms with Crippen LogP contribution in [-0.2, 0) is 0 Å². The smallest absolute Gasteiger partial charge is 0.169 e. The predicted octanol–water partition coefficient (Wildman–Crippen LogP) is -1.34. The van der Waals surface area contributed by atoms with Crippen LogP contribution in [0.5, 0.6) is 5.75 Å². The van der Waals surface area contributed by atoms with Crippen LogP contribution in [0.25, 0.3) is 5.03 Å². The second-order valence-electron chi connectivity index (χ2n) is 5.22. The predicted molar refractivity (Wildman–Crippen MR) is 74.3 cm³/mol. The molecule has 1 aliphatic carbocycles. The van der Waals surface area contributed by atoms with Gasteiger partial charge in [0.1, 0.15) is 25.6 Å². The summed E-state index contributed by atoms with van der Waals surface area (Å²) in [7, 11) is -0.901. The first-order chi connectivity index (χ1) is 10.7. The third-order valence-electron chi connectivity index (χ3n) is 3.22. The Morgan fingerprint density at radius 2 is 1.74 bits per heavy atom. The van der Waals surface area contributed by atoms with Crippen molar-refractivity contribution in [2.24, 2.45) is 0 Å². The van der Waals surface area contributed by atoms with Gasteiger partial charge < -0.3 is 4.74 Å². The molecule has 23 heavy (non-hydrogen) atoms. The first-order valence-electron chi connectivity index (χ1n) is 6.69. The van der Waals surface area contributed by atoms with Gasteiger partial charge >= 0.3 is 0 Å². The van der Waals surface area contributed by atoms with E-state index in [4.69, 9.17) is 35.0 Å². The highest BCUT2D eigenvalue weighted by atomic mass is 35.7. The largest absolute Gasteiger partial charge is 0.456 e. The maximum Gasteiger partial charge on any atom is 0.169 e. The summed E-state index contributed by atoms with van der Waals surface area (Å²) < 4.78 is 42.0. The standard InChI is InChI=1S/C15H15ClNO.ClHO4/c1-17(2)9-10-7-8-12-14(16)11-5-3-4-6-13(11)18-15(10)12;2-1(3,4)5/h3-6,9H,7-8H2,1-2H3;(H,2,3,4,5)/q+1;/p-1. The first kappa shape index (κ1) is 17.9. The highest BCUT2D eigenvalue weighted by Gasteiger charge is 2.30. The number of nitrogens with zero attached hydrogens (tertiary/aromatic N) is 1. The van der Waals surface area contributed by atoms with Crippen molar-refractivity contribution in [2.75, 3.05) is 14.1 Å². The lowest BCUT2D eigenvalue weighted by molar-refractivity contribution is -2.00. The summed E-state index contributed by atoms with van der Waals surface area (Å²) in [6.45, 7) is 0. The van der Waals surface area contributed by atoms with Gasteiger partial charge in [-0.3, -0.25) is 0 Å². The number of halogens is 2. The van der Waals surface area contributed by atoms with E-state index >= 15 is 0 Å². The number of fused-ring (bicyclic) bond motifs is 2. The molecule has 0 bridgehead atoms. The van der Waals surface area contributed by atoms with Gasteiger partial charge in [0.25, 0.3) is 0 Å². The Morgan fingerprint density at radius 3 is 2.35 bits per heavy atom. The number of rotatable bonds is 1. The molecule has 2 aliphatic rings. The topological polar surface area (TPSA) is 104 Å². The maximum absolute atomic E-state index is 8.49.